The number of nitrogens with zero attached hydrogens (tertiary/aromatic N) is 1. The molecule has 0 radical (unpaired) electrons. The maximum Gasteiger partial charge on any atom is 0.0704 e. The van der Waals surface area contributed by atoms with Crippen LogP contribution in [0.3, 0.4) is 0 Å². The molecule has 0 spiro atoms. The summed E-state index contributed by atoms with van der Waals surface area (Å²) in [5, 5.41) is 0. The van der Waals surface area contributed by atoms with Crippen LogP contribution in [0, 0.1) is 0 Å². The summed E-state index contributed by atoms with van der Waals surface area (Å²) in [6.45, 7) is 0. The zero-order valence-electron chi connectivity index (χ0n) is 8.56. The zero-order valence-corrected chi connectivity index (χ0v) is 8.56. The molecule has 0 saturated heterocycles. The molecule has 0 bridgehead atoms. The number of rotatable bonds is 2. The predicted octanol–water partition coefficient (Wildman–Crippen LogP) is 3.63. The highest BCUT2D eigenvalue weighted by molar-refractivity contribution is 5.59. The van der Waals surface area contributed by atoms with Crippen molar-refractivity contribution in [2.45, 2.75) is 18.8 Å². The summed E-state index contributed by atoms with van der Waals surface area (Å²) >= 11 is 0. The van der Waals surface area contributed by atoms with Gasteiger partial charge in [0.25, 0.3) is 0 Å². The van der Waals surface area contributed by atoms with Crippen molar-refractivity contribution in [3.05, 3.63) is 54.2 Å². The van der Waals surface area contributed by atoms with Gasteiger partial charge in [0.05, 0.1) is 5.69 Å². The van der Waals surface area contributed by atoms with Crippen LogP contribution in [0.15, 0.2) is 48.7 Å². The van der Waals surface area contributed by atoms with E-state index in [1.165, 1.54) is 24.0 Å². The van der Waals surface area contributed by atoms with Crippen molar-refractivity contribution < 1.29 is 0 Å². The average Bonchev–Trinajstić information content (AvgIpc) is 3.14. The lowest BCUT2D eigenvalue weighted by atomic mass is 10.1. The van der Waals surface area contributed by atoms with Crippen LogP contribution in [0.4, 0.5) is 0 Å². The van der Waals surface area contributed by atoms with Crippen LogP contribution in [0.1, 0.15) is 24.3 Å². The van der Waals surface area contributed by atoms with Gasteiger partial charge in [0.1, 0.15) is 0 Å². The second-order valence-corrected chi connectivity index (χ2v) is 4.11. The molecule has 15 heavy (non-hydrogen) atoms. The molecule has 3 rings (SSSR count). The van der Waals surface area contributed by atoms with Crippen LogP contribution in [-0.2, 0) is 0 Å². The van der Waals surface area contributed by atoms with Gasteiger partial charge in [0.15, 0.2) is 0 Å². The minimum Gasteiger partial charge on any atom is -0.256 e. The molecule has 0 N–H and O–H groups in total. The lowest BCUT2D eigenvalue weighted by molar-refractivity contribution is 1.11. The molecule has 1 heteroatoms. The lowest BCUT2D eigenvalue weighted by Gasteiger charge is -2.02. The van der Waals surface area contributed by atoms with Crippen molar-refractivity contribution in [2.24, 2.45) is 0 Å². The first-order valence-electron chi connectivity index (χ1n) is 5.45. The molecule has 1 aromatic heterocycles. The highest BCUT2D eigenvalue weighted by Gasteiger charge is 2.23. The molecule has 1 aromatic carbocycles. The fourth-order valence-electron chi connectivity index (χ4n) is 1.88. The van der Waals surface area contributed by atoms with Gasteiger partial charge in [-0.3, -0.25) is 4.98 Å². The van der Waals surface area contributed by atoms with Crippen LogP contribution >= 0.6 is 0 Å². The van der Waals surface area contributed by atoms with E-state index in [1.807, 2.05) is 12.3 Å². The third kappa shape index (κ3) is 1.78. The second-order valence-electron chi connectivity index (χ2n) is 4.11. The summed E-state index contributed by atoms with van der Waals surface area (Å²) in [6.07, 6.45) is 4.62. The van der Waals surface area contributed by atoms with Crippen LogP contribution in [0.25, 0.3) is 11.3 Å². The molecular weight excluding hydrogens is 182 g/mol. The van der Waals surface area contributed by atoms with Gasteiger partial charge in [0, 0.05) is 11.8 Å². The molecule has 0 aliphatic heterocycles. The molecule has 1 heterocycles. The first-order valence-corrected chi connectivity index (χ1v) is 5.45. The molecule has 1 fully saturated rings. The van der Waals surface area contributed by atoms with Gasteiger partial charge in [-0.15, -0.1) is 0 Å². The van der Waals surface area contributed by atoms with E-state index in [1.54, 1.807) is 0 Å². The highest BCUT2D eigenvalue weighted by Crippen LogP contribution is 2.40. The first kappa shape index (κ1) is 8.66. The molecule has 1 aliphatic carbocycles. The molecule has 1 saturated carbocycles. The Morgan fingerprint density at radius 3 is 2.53 bits per heavy atom. The summed E-state index contributed by atoms with van der Waals surface area (Å²) in [5.74, 6) is 0.801. The monoisotopic (exact) mass is 195 g/mol. The SMILES string of the molecule is c1ccc(-c2cc(C3CC3)ccn2)cc1. The third-order valence-corrected chi connectivity index (χ3v) is 2.90. The van der Waals surface area contributed by atoms with Gasteiger partial charge in [0.2, 0.25) is 0 Å². The van der Waals surface area contributed by atoms with E-state index in [0.717, 1.165) is 11.6 Å². The van der Waals surface area contributed by atoms with Crippen LogP contribution < -0.4 is 0 Å². The van der Waals surface area contributed by atoms with Gasteiger partial charge in [-0.2, -0.15) is 0 Å². The van der Waals surface area contributed by atoms with Crippen molar-refractivity contribution in [1.82, 2.24) is 4.98 Å². The number of benzene rings is 1. The van der Waals surface area contributed by atoms with Gasteiger partial charge >= 0.3 is 0 Å². The van der Waals surface area contributed by atoms with Crippen LogP contribution in [-0.4, -0.2) is 4.98 Å². The number of hydrogen-bond acceptors (Lipinski definition) is 1. The van der Waals surface area contributed by atoms with Crippen molar-refractivity contribution in [1.29, 1.82) is 0 Å². The van der Waals surface area contributed by atoms with E-state index >= 15 is 0 Å². The van der Waals surface area contributed by atoms with Gasteiger partial charge in [-0.1, -0.05) is 30.3 Å². The zero-order chi connectivity index (χ0) is 10.1. The minimum absolute atomic E-state index is 0.801. The van der Waals surface area contributed by atoms with E-state index in [2.05, 4.69) is 41.4 Å². The van der Waals surface area contributed by atoms with Gasteiger partial charge in [-0.05, 0) is 36.5 Å². The lowest BCUT2D eigenvalue weighted by Crippen LogP contribution is -1.86. The van der Waals surface area contributed by atoms with Gasteiger partial charge in [-0.25, -0.2) is 0 Å². The van der Waals surface area contributed by atoms with E-state index < -0.39 is 0 Å². The number of pyridine rings is 1. The Morgan fingerprint density at radius 2 is 1.80 bits per heavy atom. The normalized spacial score (nSPS) is 15.2. The predicted molar refractivity (Wildman–Crippen MR) is 61.6 cm³/mol. The Bertz CT molecular complexity index is 458. The van der Waals surface area contributed by atoms with Crippen LogP contribution in [0.5, 0.6) is 0 Å². The topological polar surface area (TPSA) is 12.9 Å². The van der Waals surface area contributed by atoms with Crippen LogP contribution in [0.2, 0.25) is 0 Å². The quantitative estimate of drug-likeness (QED) is 0.713. The van der Waals surface area contributed by atoms with E-state index in [0.29, 0.717) is 0 Å². The summed E-state index contributed by atoms with van der Waals surface area (Å²) in [5.41, 5.74) is 3.75. The Kier molecular flexibility index (Phi) is 2.02. The molecule has 2 aromatic rings. The molecule has 74 valence electrons. The molecule has 1 nitrogen and oxygen atoms in total. The maximum atomic E-state index is 4.42. The smallest absolute Gasteiger partial charge is 0.0704 e. The first-order chi connectivity index (χ1) is 7.43. The summed E-state index contributed by atoms with van der Waals surface area (Å²) in [6, 6.07) is 14.7. The fraction of sp³-hybridized carbons (Fsp3) is 0.214. The van der Waals surface area contributed by atoms with Gasteiger partial charge < -0.3 is 0 Å². The third-order valence-electron chi connectivity index (χ3n) is 2.90. The number of hydrogen-bond donors (Lipinski definition) is 0. The summed E-state index contributed by atoms with van der Waals surface area (Å²) in [4.78, 5) is 4.42. The van der Waals surface area contributed by atoms with E-state index in [9.17, 15) is 0 Å². The molecule has 0 amide bonds. The highest BCUT2D eigenvalue weighted by atomic mass is 14.7. The minimum atomic E-state index is 0.801. The Hall–Kier alpha value is -1.63. The maximum absolute atomic E-state index is 4.42. The van der Waals surface area contributed by atoms with Crippen molar-refractivity contribution in [3.8, 4) is 11.3 Å². The molecule has 0 atom stereocenters. The largest absolute Gasteiger partial charge is 0.256 e. The van der Waals surface area contributed by atoms with E-state index in [-0.39, 0.29) is 0 Å². The Labute approximate surface area is 89.8 Å². The van der Waals surface area contributed by atoms with E-state index in [4.69, 9.17) is 0 Å². The Balaban J connectivity index is 2.01. The summed E-state index contributed by atoms with van der Waals surface area (Å²) in [7, 11) is 0. The molecular formula is C14H13N. The van der Waals surface area contributed by atoms with Crippen molar-refractivity contribution >= 4 is 0 Å². The average molecular weight is 195 g/mol. The molecule has 1 aliphatic rings. The van der Waals surface area contributed by atoms with Crippen molar-refractivity contribution in [3.63, 3.8) is 0 Å². The standard InChI is InChI=1S/C14H13N/c1-2-4-12(5-3-1)14-10-13(8-9-15-14)11-6-7-11/h1-5,8-11H,6-7H2. The number of aromatic nitrogens is 1. The second kappa shape index (κ2) is 3.50. The fourth-order valence-corrected chi connectivity index (χ4v) is 1.88. The summed E-state index contributed by atoms with van der Waals surface area (Å²) < 4.78 is 0. The Morgan fingerprint density at radius 1 is 1.00 bits per heavy atom. The van der Waals surface area contributed by atoms with Crippen molar-refractivity contribution in [2.75, 3.05) is 0 Å². The molecule has 0 unspecified atom stereocenters.